The number of hydrogen-bond donors (Lipinski definition) is 2. The predicted octanol–water partition coefficient (Wildman–Crippen LogP) is 3.12. The molecule has 2 amide bonds. The number of likely N-dealkylation sites (tertiary alicyclic amines) is 1. The van der Waals surface area contributed by atoms with Crippen molar-refractivity contribution in [3.8, 4) is 11.3 Å². The van der Waals surface area contributed by atoms with E-state index in [9.17, 15) is 18.4 Å². The van der Waals surface area contributed by atoms with Crippen molar-refractivity contribution < 1.29 is 22.9 Å². The fourth-order valence-corrected chi connectivity index (χ4v) is 4.82. The van der Waals surface area contributed by atoms with Crippen LogP contribution in [0, 0.1) is 17.6 Å². The minimum absolute atomic E-state index is 0.0157. The molecule has 1 aromatic carbocycles. The summed E-state index contributed by atoms with van der Waals surface area (Å²) in [6, 6.07) is 4.55. The average molecular weight is 446 g/mol. The molecule has 1 aliphatic heterocycles. The summed E-state index contributed by atoms with van der Waals surface area (Å²) in [5.41, 5.74) is -0.00364. The van der Waals surface area contributed by atoms with Gasteiger partial charge in [0.05, 0.1) is 11.5 Å². The molecule has 2 atom stereocenters. The van der Waals surface area contributed by atoms with Gasteiger partial charge in [0.1, 0.15) is 11.6 Å². The number of halogens is 2. The van der Waals surface area contributed by atoms with Crippen molar-refractivity contribution in [1.29, 1.82) is 0 Å². The number of rotatable bonds is 5. The molecule has 7 nitrogen and oxygen atoms in total. The summed E-state index contributed by atoms with van der Waals surface area (Å²) < 4.78 is 32.3. The molecule has 32 heavy (non-hydrogen) atoms. The Hall–Kier alpha value is -2.81. The van der Waals surface area contributed by atoms with E-state index in [1.165, 1.54) is 31.4 Å². The molecule has 1 aliphatic carbocycles. The van der Waals surface area contributed by atoms with Crippen LogP contribution in [0.2, 0.25) is 0 Å². The van der Waals surface area contributed by atoms with Crippen molar-refractivity contribution in [3.63, 3.8) is 0 Å². The summed E-state index contributed by atoms with van der Waals surface area (Å²) in [5, 5.41) is 9.37. The van der Waals surface area contributed by atoms with E-state index in [-0.39, 0.29) is 34.9 Å². The van der Waals surface area contributed by atoms with Gasteiger partial charge in [0.15, 0.2) is 11.5 Å². The van der Waals surface area contributed by atoms with Crippen molar-refractivity contribution in [2.45, 2.75) is 50.6 Å². The molecule has 0 radical (unpaired) electrons. The van der Waals surface area contributed by atoms with Gasteiger partial charge in [-0.2, -0.15) is 0 Å². The van der Waals surface area contributed by atoms with Crippen LogP contribution in [0.25, 0.3) is 11.3 Å². The lowest BCUT2D eigenvalue weighted by molar-refractivity contribution is -0.127. The van der Waals surface area contributed by atoms with Crippen LogP contribution < -0.4 is 10.6 Å². The molecular weight excluding hydrogens is 418 g/mol. The number of carbonyl (C=O) groups excluding carboxylic acids is 2. The average Bonchev–Trinajstić information content (AvgIpc) is 3.29. The number of nitrogens with zero attached hydrogens (tertiary/aromatic N) is 2. The highest BCUT2D eigenvalue weighted by molar-refractivity contribution is 5.93. The van der Waals surface area contributed by atoms with Crippen LogP contribution >= 0.6 is 0 Å². The summed E-state index contributed by atoms with van der Waals surface area (Å²) in [6.07, 6.45) is 6.66. The summed E-state index contributed by atoms with van der Waals surface area (Å²) in [6.45, 7) is 1.41. The minimum Gasteiger partial charge on any atom is -0.359 e. The fraction of sp³-hybridized carbons (Fsp3) is 0.522. The van der Waals surface area contributed by atoms with Crippen LogP contribution in [-0.4, -0.2) is 54.1 Å². The fourth-order valence-electron chi connectivity index (χ4n) is 4.82. The van der Waals surface area contributed by atoms with Gasteiger partial charge in [-0.1, -0.05) is 24.4 Å². The van der Waals surface area contributed by atoms with Gasteiger partial charge in [0.2, 0.25) is 5.91 Å². The van der Waals surface area contributed by atoms with Crippen molar-refractivity contribution in [1.82, 2.24) is 20.7 Å². The van der Waals surface area contributed by atoms with Gasteiger partial charge < -0.3 is 15.2 Å². The molecule has 0 bridgehead atoms. The van der Waals surface area contributed by atoms with Gasteiger partial charge in [0.25, 0.3) is 5.91 Å². The Bertz CT molecular complexity index is 974. The van der Waals surface area contributed by atoms with Crippen LogP contribution in [0.4, 0.5) is 8.78 Å². The zero-order chi connectivity index (χ0) is 22.7. The quantitative estimate of drug-likeness (QED) is 0.737. The van der Waals surface area contributed by atoms with E-state index in [0.29, 0.717) is 19.0 Å². The first-order valence-corrected chi connectivity index (χ1v) is 11.1. The lowest BCUT2D eigenvalue weighted by Gasteiger charge is -2.42. The molecule has 4 rings (SSSR count). The Labute approximate surface area is 185 Å². The molecule has 1 saturated heterocycles. The third kappa shape index (κ3) is 4.82. The second-order valence-corrected chi connectivity index (χ2v) is 8.58. The molecule has 9 heteroatoms. The zero-order valence-corrected chi connectivity index (χ0v) is 18.1. The molecule has 1 saturated carbocycles. The molecule has 2 heterocycles. The molecular formula is C23H28F2N4O3. The summed E-state index contributed by atoms with van der Waals surface area (Å²) >= 11 is 0. The summed E-state index contributed by atoms with van der Waals surface area (Å²) in [4.78, 5) is 27.8. The first kappa shape index (κ1) is 22.4. The van der Waals surface area contributed by atoms with E-state index in [2.05, 4.69) is 20.7 Å². The van der Waals surface area contributed by atoms with Crippen LogP contribution in [0.3, 0.4) is 0 Å². The van der Waals surface area contributed by atoms with Gasteiger partial charge in [-0.15, -0.1) is 0 Å². The maximum Gasteiger partial charge on any atom is 0.273 e. The molecule has 2 fully saturated rings. The van der Waals surface area contributed by atoms with Crippen molar-refractivity contribution in [2.75, 3.05) is 20.1 Å². The number of aromatic nitrogens is 1. The number of amides is 2. The van der Waals surface area contributed by atoms with Gasteiger partial charge in [-0.25, -0.2) is 8.78 Å². The highest BCUT2D eigenvalue weighted by Gasteiger charge is 2.37. The molecule has 2 N–H and O–H groups in total. The molecule has 2 aromatic rings. The molecule has 1 aromatic heterocycles. The SMILES string of the molecule is CNC(=O)[C@H]1CN(C2CCCCC2)CC[C@@H]1NC(=O)c1cc(-c2ccc(F)cc2F)on1. The Balaban J connectivity index is 1.44. The standard InChI is InChI=1S/C23H28F2N4O3/c1-26-22(30)17-13-29(15-5-3-2-4-6-15)10-9-19(17)27-23(31)20-12-21(32-28-20)16-8-7-14(24)11-18(16)25/h7-8,11-12,15,17,19H,2-6,9-10,13H2,1H3,(H,26,30)(H,27,31)/t17-,19-/m0/s1. The van der Waals surface area contributed by atoms with E-state index in [4.69, 9.17) is 4.52 Å². The van der Waals surface area contributed by atoms with Crippen molar-refractivity contribution in [3.05, 3.63) is 41.6 Å². The van der Waals surface area contributed by atoms with Crippen LogP contribution in [0.1, 0.15) is 49.0 Å². The molecule has 2 aliphatic rings. The third-order valence-corrected chi connectivity index (χ3v) is 6.57. The van der Waals surface area contributed by atoms with E-state index < -0.39 is 17.5 Å². The van der Waals surface area contributed by atoms with E-state index in [1.54, 1.807) is 7.05 Å². The number of benzene rings is 1. The normalized spacial score (nSPS) is 22.5. The minimum atomic E-state index is -0.803. The molecule has 0 unspecified atom stereocenters. The number of nitrogens with one attached hydrogen (secondary N) is 2. The smallest absolute Gasteiger partial charge is 0.273 e. The number of piperidine rings is 1. The Morgan fingerprint density at radius 3 is 2.62 bits per heavy atom. The maximum absolute atomic E-state index is 14.0. The number of carbonyl (C=O) groups is 2. The van der Waals surface area contributed by atoms with E-state index >= 15 is 0 Å². The zero-order valence-electron chi connectivity index (χ0n) is 18.1. The lowest BCUT2D eigenvalue weighted by Crippen LogP contribution is -2.57. The highest BCUT2D eigenvalue weighted by atomic mass is 19.1. The van der Waals surface area contributed by atoms with E-state index in [1.807, 2.05) is 0 Å². The topological polar surface area (TPSA) is 87.5 Å². The lowest BCUT2D eigenvalue weighted by atomic mass is 9.87. The Kier molecular flexibility index (Phi) is 6.83. The monoisotopic (exact) mass is 446 g/mol. The third-order valence-electron chi connectivity index (χ3n) is 6.57. The molecule has 172 valence electrons. The van der Waals surface area contributed by atoms with Gasteiger partial charge in [-0.05, 0) is 31.4 Å². The second kappa shape index (κ2) is 9.77. The van der Waals surface area contributed by atoms with E-state index in [0.717, 1.165) is 31.5 Å². The highest BCUT2D eigenvalue weighted by Crippen LogP contribution is 2.28. The Morgan fingerprint density at radius 1 is 1.12 bits per heavy atom. The van der Waals surface area contributed by atoms with Gasteiger partial charge in [0, 0.05) is 44.4 Å². The van der Waals surface area contributed by atoms with Gasteiger partial charge >= 0.3 is 0 Å². The van der Waals surface area contributed by atoms with Crippen LogP contribution in [0.5, 0.6) is 0 Å². The summed E-state index contributed by atoms with van der Waals surface area (Å²) in [5.74, 6) is -2.45. The van der Waals surface area contributed by atoms with Crippen LogP contribution in [0.15, 0.2) is 28.8 Å². The largest absolute Gasteiger partial charge is 0.359 e. The Morgan fingerprint density at radius 2 is 1.91 bits per heavy atom. The summed E-state index contributed by atoms with van der Waals surface area (Å²) in [7, 11) is 1.60. The first-order chi connectivity index (χ1) is 15.5. The van der Waals surface area contributed by atoms with Gasteiger partial charge in [-0.3, -0.25) is 14.5 Å². The van der Waals surface area contributed by atoms with Crippen LogP contribution in [-0.2, 0) is 4.79 Å². The van der Waals surface area contributed by atoms with Crippen molar-refractivity contribution >= 4 is 11.8 Å². The number of hydrogen-bond acceptors (Lipinski definition) is 5. The van der Waals surface area contributed by atoms with Crippen molar-refractivity contribution in [2.24, 2.45) is 5.92 Å². The first-order valence-electron chi connectivity index (χ1n) is 11.1. The second-order valence-electron chi connectivity index (χ2n) is 8.58. The maximum atomic E-state index is 14.0. The molecule has 0 spiro atoms. The predicted molar refractivity (Wildman–Crippen MR) is 114 cm³/mol.